The molecule has 0 bridgehead atoms. The minimum Gasteiger partial charge on any atom is -0.497 e. The highest BCUT2D eigenvalue weighted by Gasteiger charge is 2.10. The molecule has 2 N–H and O–H groups in total. The second-order valence-electron chi connectivity index (χ2n) is 6.97. The Bertz CT molecular complexity index is 789. The molecule has 30 heavy (non-hydrogen) atoms. The highest BCUT2D eigenvalue weighted by Crippen LogP contribution is 2.11. The molecule has 1 fully saturated rings. The molecule has 166 valence electrons. The van der Waals surface area contributed by atoms with Gasteiger partial charge in [0.2, 0.25) is 0 Å². The van der Waals surface area contributed by atoms with Crippen LogP contribution >= 0.6 is 24.0 Å². The second-order valence-corrected chi connectivity index (χ2v) is 6.97. The highest BCUT2D eigenvalue weighted by molar-refractivity contribution is 14.0. The number of ether oxygens (including phenoxy) is 2. The zero-order chi connectivity index (χ0) is 20.5. The molecule has 9 nitrogen and oxygen atoms in total. The van der Waals surface area contributed by atoms with Crippen molar-refractivity contribution >= 4 is 29.9 Å². The first kappa shape index (κ1) is 24.4. The quantitative estimate of drug-likeness (QED) is 0.303. The van der Waals surface area contributed by atoms with Crippen LogP contribution < -0.4 is 15.4 Å². The molecule has 0 amide bonds. The maximum atomic E-state index is 5.41. The van der Waals surface area contributed by atoms with E-state index in [4.69, 9.17) is 14.5 Å². The van der Waals surface area contributed by atoms with Gasteiger partial charge in [-0.05, 0) is 24.6 Å². The van der Waals surface area contributed by atoms with E-state index in [9.17, 15) is 0 Å². The lowest BCUT2D eigenvalue weighted by Crippen LogP contribution is -2.44. The van der Waals surface area contributed by atoms with Gasteiger partial charge in [-0.2, -0.15) is 0 Å². The fourth-order valence-electron chi connectivity index (χ4n) is 3.00. The summed E-state index contributed by atoms with van der Waals surface area (Å²) in [5.74, 6) is 3.36. The largest absolute Gasteiger partial charge is 0.497 e. The molecule has 2 heterocycles. The summed E-state index contributed by atoms with van der Waals surface area (Å²) in [5, 5.41) is 15.1. The van der Waals surface area contributed by atoms with Crippen molar-refractivity contribution in [3.05, 3.63) is 41.5 Å². The van der Waals surface area contributed by atoms with Crippen molar-refractivity contribution in [2.75, 3.05) is 46.5 Å². The molecule has 0 unspecified atom stereocenters. The van der Waals surface area contributed by atoms with Gasteiger partial charge in [0, 0.05) is 33.2 Å². The molecule has 1 aliphatic rings. The molecule has 1 aliphatic heterocycles. The van der Waals surface area contributed by atoms with Gasteiger partial charge >= 0.3 is 0 Å². The van der Waals surface area contributed by atoms with Crippen molar-refractivity contribution in [2.45, 2.75) is 20.0 Å². The van der Waals surface area contributed by atoms with Crippen LogP contribution in [-0.2, 0) is 24.9 Å². The molecule has 1 saturated heterocycles. The number of rotatable bonds is 8. The third-order valence-electron chi connectivity index (χ3n) is 5.00. The van der Waals surface area contributed by atoms with E-state index in [1.807, 2.05) is 42.8 Å². The molecule has 0 saturated carbocycles. The van der Waals surface area contributed by atoms with Crippen molar-refractivity contribution < 1.29 is 9.47 Å². The Labute approximate surface area is 195 Å². The standard InChI is InChI=1S/C20H31N7O2.HI/c1-16-24-25-19(26(16)2)15-23-20(21-8-9-27-10-12-29-13-11-27)22-14-17-4-6-18(28-3)7-5-17;/h4-7H,8-15H2,1-3H3,(H2,21,22,23);1H. The number of halogens is 1. The van der Waals surface area contributed by atoms with Crippen molar-refractivity contribution in [1.82, 2.24) is 30.3 Å². The van der Waals surface area contributed by atoms with Crippen molar-refractivity contribution in [3.63, 3.8) is 0 Å². The summed E-state index contributed by atoms with van der Waals surface area (Å²) in [6, 6.07) is 7.96. The fourth-order valence-corrected chi connectivity index (χ4v) is 3.00. The maximum absolute atomic E-state index is 5.41. The number of nitrogens with zero attached hydrogens (tertiary/aromatic N) is 5. The van der Waals surface area contributed by atoms with E-state index >= 15 is 0 Å². The summed E-state index contributed by atoms with van der Waals surface area (Å²) < 4.78 is 12.6. The van der Waals surface area contributed by atoms with Gasteiger partial charge in [0.25, 0.3) is 0 Å². The molecule has 2 aromatic rings. The fraction of sp³-hybridized carbons (Fsp3) is 0.550. The summed E-state index contributed by atoms with van der Waals surface area (Å²) in [6.07, 6.45) is 0. The highest BCUT2D eigenvalue weighted by atomic mass is 127. The number of aliphatic imine (C=N–C) groups is 1. The van der Waals surface area contributed by atoms with Gasteiger partial charge in [0.05, 0.1) is 33.4 Å². The average molecular weight is 529 g/mol. The van der Waals surface area contributed by atoms with Crippen molar-refractivity contribution in [1.29, 1.82) is 0 Å². The number of hydrogen-bond acceptors (Lipinski definition) is 6. The van der Waals surface area contributed by atoms with E-state index in [1.54, 1.807) is 7.11 Å². The van der Waals surface area contributed by atoms with Crippen molar-refractivity contribution in [3.8, 4) is 5.75 Å². The Morgan fingerprint density at radius 2 is 1.90 bits per heavy atom. The van der Waals surface area contributed by atoms with E-state index < -0.39 is 0 Å². The van der Waals surface area contributed by atoms with E-state index in [0.717, 1.165) is 68.3 Å². The lowest BCUT2D eigenvalue weighted by molar-refractivity contribution is 0.0389. The Hall–Kier alpha value is -1.92. The summed E-state index contributed by atoms with van der Waals surface area (Å²) in [7, 11) is 3.63. The molecule has 1 aromatic heterocycles. The SMILES string of the molecule is COc1ccc(CN=C(NCCN2CCOCC2)NCc2nnc(C)n2C)cc1.I. The number of methoxy groups -OCH3 is 1. The molecule has 0 atom stereocenters. The van der Waals surface area contributed by atoms with Crippen LogP contribution in [0.5, 0.6) is 5.75 Å². The third kappa shape index (κ3) is 7.40. The minimum absolute atomic E-state index is 0. The van der Waals surface area contributed by atoms with Gasteiger partial charge in [-0.1, -0.05) is 12.1 Å². The van der Waals surface area contributed by atoms with Gasteiger partial charge in [0.1, 0.15) is 11.6 Å². The smallest absolute Gasteiger partial charge is 0.192 e. The minimum atomic E-state index is 0. The third-order valence-corrected chi connectivity index (χ3v) is 5.00. The normalized spacial score (nSPS) is 14.8. The molecule has 0 spiro atoms. The first-order valence-electron chi connectivity index (χ1n) is 9.96. The molecule has 10 heteroatoms. The van der Waals surface area contributed by atoms with Crippen LogP contribution in [0.1, 0.15) is 17.2 Å². The molecule has 3 rings (SSSR count). The predicted octanol–water partition coefficient (Wildman–Crippen LogP) is 1.32. The number of aromatic nitrogens is 3. The monoisotopic (exact) mass is 529 g/mol. The van der Waals surface area contributed by atoms with Crippen LogP contribution in [0.2, 0.25) is 0 Å². The molecule has 0 aliphatic carbocycles. The summed E-state index contributed by atoms with van der Waals surface area (Å²) in [5.41, 5.74) is 1.12. The number of nitrogens with one attached hydrogen (secondary N) is 2. The molecular formula is C20H32IN7O2. The lowest BCUT2D eigenvalue weighted by Gasteiger charge is -2.26. The van der Waals surface area contributed by atoms with E-state index in [2.05, 4.69) is 25.7 Å². The second kappa shape index (κ2) is 12.7. The lowest BCUT2D eigenvalue weighted by atomic mass is 10.2. The van der Waals surface area contributed by atoms with Gasteiger partial charge in [-0.3, -0.25) is 4.90 Å². The first-order chi connectivity index (χ1) is 14.2. The van der Waals surface area contributed by atoms with Crippen LogP contribution in [0.4, 0.5) is 0 Å². The number of benzene rings is 1. The average Bonchev–Trinajstić information content (AvgIpc) is 3.08. The van der Waals surface area contributed by atoms with Gasteiger partial charge in [-0.25, -0.2) is 4.99 Å². The summed E-state index contributed by atoms with van der Waals surface area (Å²) >= 11 is 0. The van der Waals surface area contributed by atoms with E-state index in [-0.39, 0.29) is 24.0 Å². The van der Waals surface area contributed by atoms with Gasteiger partial charge in [-0.15, -0.1) is 34.2 Å². The molecular weight excluding hydrogens is 497 g/mol. The number of morpholine rings is 1. The van der Waals surface area contributed by atoms with Crippen LogP contribution in [0.3, 0.4) is 0 Å². The Kier molecular flexibility index (Phi) is 10.3. The predicted molar refractivity (Wildman–Crippen MR) is 127 cm³/mol. The van der Waals surface area contributed by atoms with Gasteiger partial charge < -0.3 is 24.7 Å². The van der Waals surface area contributed by atoms with E-state index in [0.29, 0.717) is 13.1 Å². The van der Waals surface area contributed by atoms with E-state index in [1.165, 1.54) is 0 Å². The number of aryl methyl sites for hydroxylation is 1. The number of guanidine groups is 1. The first-order valence-corrected chi connectivity index (χ1v) is 9.96. The Morgan fingerprint density at radius 1 is 1.17 bits per heavy atom. The van der Waals surface area contributed by atoms with Crippen LogP contribution in [0.15, 0.2) is 29.3 Å². The topological polar surface area (TPSA) is 88.8 Å². The van der Waals surface area contributed by atoms with Crippen LogP contribution in [0.25, 0.3) is 0 Å². The summed E-state index contributed by atoms with van der Waals surface area (Å²) in [4.78, 5) is 7.13. The molecule has 1 aromatic carbocycles. The number of hydrogen-bond donors (Lipinski definition) is 2. The zero-order valence-electron chi connectivity index (χ0n) is 17.9. The maximum Gasteiger partial charge on any atom is 0.192 e. The van der Waals surface area contributed by atoms with Crippen molar-refractivity contribution in [2.24, 2.45) is 12.0 Å². The Morgan fingerprint density at radius 3 is 2.53 bits per heavy atom. The zero-order valence-corrected chi connectivity index (χ0v) is 20.3. The van der Waals surface area contributed by atoms with Crippen LogP contribution in [0, 0.1) is 6.92 Å². The summed E-state index contributed by atoms with van der Waals surface area (Å²) in [6.45, 7) is 8.41. The van der Waals surface area contributed by atoms with Crippen LogP contribution in [-0.4, -0.2) is 72.1 Å². The van der Waals surface area contributed by atoms with Gasteiger partial charge in [0.15, 0.2) is 11.8 Å². The Balaban J connectivity index is 0.00000320. The molecule has 0 radical (unpaired) electrons.